The number of alkyl halides is 2. The summed E-state index contributed by atoms with van der Waals surface area (Å²) in [4.78, 5) is 28.3. The zero-order valence-corrected chi connectivity index (χ0v) is 13.0. The molecule has 126 valence electrons. The Hall–Kier alpha value is -2.10. The minimum atomic E-state index is -3.58. The van der Waals surface area contributed by atoms with Crippen molar-refractivity contribution in [2.75, 3.05) is 12.8 Å². The van der Waals surface area contributed by atoms with Crippen LogP contribution in [0.1, 0.15) is 16.8 Å². The predicted octanol–water partition coefficient (Wildman–Crippen LogP) is 0.0662. The first-order valence-corrected chi connectivity index (χ1v) is 8.54. The van der Waals surface area contributed by atoms with Crippen molar-refractivity contribution in [3.63, 3.8) is 0 Å². The lowest BCUT2D eigenvalue weighted by atomic mass is 10.1. The van der Waals surface area contributed by atoms with E-state index in [-0.39, 0.29) is 23.4 Å². The van der Waals surface area contributed by atoms with Gasteiger partial charge in [-0.05, 0) is 12.5 Å². The molecule has 7 nitrogen and oxygen atoms in total. The first kappa shape index (κ1) is 17.3. The monoisotopic (exact) mass is 347 g/mol. The van der Waals surface area contributed by atoms with E-state index in [0.717, 1.165) is 29.6 Å². The third kappa shape index (κ3) is 3.63. The highest BCUT2D eigenvalue weighted by atomic mass is 32.2. The summed E-state index contributed by atoms with van der Waals surface area (Å²) in [5.74, 6) is -2.79. The molecule has 1 aromatic heterocycles. The molecule has 0 aliphatic carbocycles. The normalized spacial score (nSPS) is 21.7. The van der Waals surface area contributed by atoms with Crippen LogP contribution in [0.25, 0.3) is 0 Å². The topological polar surface area (TPSA) is 110 Å². The minimum Gasteiger partial charge on any atom is -0.368 e. The van der Waals surface area contributed by atoms with Crippen LogP contribution in [-0.4, -0.2) is 55.4 Å². The number of nitrogens with zero attached hydrogens (tertiary/aromatic N) is 2. The highest BCUT2D eigenvalue weighted by Gasteiger charge is 2.42. The molecular formula is C13H15F2N3O4S. The van der Waals surface area contributed by atoms with Crippen LogP contribution in [0, 0.1) is 5.92 Å². The van der Waals surface area contributed by atoms with Gasteiger partial charge in [0.25, 0.3) is 5.91 Å². The Labute approximate surface area is 131 Å². The summed E-state index contributed by atoms with van der Waals surface area (Å²) in [6.45, 7) is -0.326. The molecule has 2 heterocycles. The van der Waals surface area contributed by atoms with Crippen LogP contribution >= 0.6 is 0 Å². The molecule has 0 radical (unpaired) electrons. The molecule has 0 bridgehead atoms. The number of halogens is 2. The molecule has 0 saturated carbocycles. The molecule has 1 unspecified atom stereocenters. The molecular weight excluding hydrogens is 332 g/mol. The van der Waals surface area contributed by atoms with Crippen LogP contribution in [-0.2, 0) is 14.6 Å². The van der Waals surface area contributed by atoms with E-state index >= 15 is 0 Å². The van der Waals surface area contributed by atoms with Crippen molar-refractivity contribution in [2.24, 2.45) is 11.7 Å². The van der Waals surface area contributed by atoms with E-state index in [1.165, 1.54) is 0 Å². The predicted molar refractivity (Wildman–Crippen MR) is 75.5 cm³/mol. The van der Waals surface area contributed by atoms with Crippen molar-refractivity contribution in [2.45, 2.75) is 23.8 Å². The molecule has 10 heteroatoms. The van der Waals surface area contributed by atoms with Gasteiger partial charge in [-0.2, -0.15) is 0 Å². The quantitative estimate of drug-likeness (QED) is 0.828. The van der Waals surface area contributed by atoms with Gasteiger partial charge in [-0.3, -0.25) is 14.6 Å². The number of carbonyl (C=O) groups excluding carboxylic acids is 2. The summed E-state index contributed by atoms with van der Waals surface area (Å²) in [5, 5.41) is 0. The molecule has 2 amide bonds. The lowest BCUT2D eigenvalue weighted by Gasteiger charge is -2.22. The molecule has 1 fully saturated rings. The van der Waals surface area contributed by atoms with Gasteiger partial charge in [-0.1, -0.05) is 0 Å². The lowest BCUT2D eigenvalue weighted by Crippen LogP contribution is -2.43. The minimum absolute atomic E-state index is 0.103. The number of hydrogen-bond donors (Lipinski definition) is 1. The first-order chi connectivity index (χ1) is 10.6. The Bertz CT molecular complexity index is 738. The van der Waals surface area contributed by atoms with Gasteiger partial charge >= 0.3 is 0 Å². The molecule has 2 N–H and O–H groups in total. The average molecular weight is 347 g/mol. The SMILES string of the molecule is CS(=O)(=O)c1cncc(C(=O)N2CC(C(F)F)C[C@@H]2C(N)=O)c1. The number of nitrogens with two attached hydrogens (primary N) is 1. The maximum absolute atomic E-state index is 12.9. The largest absolute Gasteiger partial charge is 0.368 e. The van der Waals surface area contributed by atoms with E-state index in [1.54, 1.807) is 0 Å². The fourth-order valence-electron chi connectivity index (χ4n) is 2.45. The van der Waals surface area contributed by atoms with Gasteiger partial charge in [0.15, 0.2) is 9.84 Å². The van der Waals surface area contributed by atoms with Crippen LogP contribution in [0.5, 0.6) is 0 Å². The van der Waals surface area contributed by atoms with Crippen LogP contribution < -0.4 is 5.73 Å². The number of pyridine rings is 1. The molecule has 23 heavy (non-hydrogen) atoms. The number of hydrogen-bond acceptors (Lipinski definition) is 5. The van der Waals surface area contributed by atoms with Gasteiger partial charge in [-0.25, -0.2) is 17.2 Å². The van der Waals surface area contributed by atoms with Crippen molar-refractivity contribution >= 4 is 21.7 Å². The fraction of sp³-hybridized carbons (Fsp3) is 0.462. The van der Waals surface area contributed by atoms with Gasteiger partial charge in [0.2, 0.25) is 12.3 Å². The van der Waals surface area contributed by atoms with Crippen molar-refractivity contribution in [3.05, 3.63) is 24.0 Å². The summed E-state index contributed by atoms with van der Waals surface area (Å²) in [5.41, 5.74) is 5.07. The zero-order valence-electron chi connectivity index (χ0n) is 12.1. The van der Waals surface area contributed by atoms with Gasteiger partial charge in [-0.15, -0.1) is 0 Å². The Balaban J connectivity index is 2.33. The summed E-state index contributed by atoms with van der Waals surface area (Å²) in [7, 11) is -3.58. The second kappa shape index (κ2) is 6.19. The Morgan fingerprint density at radius 1 is 1.39 bits per heavy atom. The summed E-state index contributed by atoms with van der Waals surface area (Å²) in [6, 6.07) is -0.0540. The van der Waals surface area contributed by atoms with Crippen LogP contribution in [0.3, 0.4) is 0 Å². The molecule has 2 atom stereocenters. The summed E-state index contributed by atoms with van der Waals surface area (Å²) in [6.07, 6.45) is 0.231. The smallest absolute Gasteiger partial charge is 0.256 e. The number of primary amides is 1. The van der Waals surface area contributed by atoms with E-state index in [9.17, 15) is 26.8 Å². The van der Waals surface area contributed by atoms with E-state index in [2.05, 4.69) is 4.98 Å². The van der Waals surface area contributed by atoms with Crippen LogP contribution in [0.15, 0.2) is 23.4 Å². The molecule has 1 aliphatic rings. The first-order valence-electron chi connectivity index (χ1n) is 6.64. The molecule has 1 aromatic rings. The van der Waals surface area contributed by atoms with Gasteiger partial charge < -0.3 is 10.6 Å². The maximum Gasteiger partial charge on any atom is 0.256 e. The van der Waals surface area contributed by atoms with Crippen molar-refractivity contribution in [1.82, 2.24) is 9.88 Å². The van der Waals surface area contributed by atoms with E-state index in [0.29, 0.717) is 0 Å². The van der Waals surface area contributed by atoms with Crippen molar-refractivity contribution in [1.29, 1.82) is 0 Å². The fourth-order valence-corrected chi connectivity index (χ4v) is 3.04. The molecule has 0 spiro atoms. The van der Waals surface area contributed by atoms with E-state index in [4.69, 9.17) is 5.73 Å². The Kier molecular flexibility index (Phi) is 4.64. The number of sulfone groups is 1. The highest BCUT2D eigenvalue weighted by Crippen LogP contribution is 2.29. The van der Waals surface area contributed by atoms with Gasteiger partial charge in [0, 0.05) is 31.1 Å². The van der Waals surface area contributed by atoms with Crippen LogP contribution in [0.2, 0.25) is 0 Å². The molecule has 1 aliphatic heterocycles. The zero-order chi connectivity index (χ0) is 17.4. The van der Waals surface area contributed by atoms with E-state index < -0.39 is 40.0 Å². The second-order valence-electron chi connectivity index (χ2n) is 5.39. The number of carbonyl (C=O) groups is 2. The average Bonchev–Trinajstić information content (AvgIpc) is 2.91. The summed E-state index contributed by atoms with van der Waals surface area (Å²) < 4.78 is 48.7. The molecule has 0 aromatic carbocycles. The number of amides is 2. The third-order valence-electron chi connectivity index (χ3n) is 3.67. The number of aromatic nitrogens is 1. The number of likely N-dealkylation sites (tertiary alicyclic amines) is 1. The van der Waals surface area contributed by atoms with Crippen LogP contribution in [0.4, 0.5) is 8.78 Å². The molecule has 1 saturated heterocycles. The molecule has 2 rings (SSSR count). The summed E-state index contributed by atoms with van der Waals surface area (Å²) >= 11 is 0. The van der Waals surface area contributed by atoms with Gasteiger partial charge in [0.05, 0.1) is 10.5 Å². The van der Waals surface area contributed by atoms with E-state index in [1.807, 2.05) is 0 Å². The number of rotatable bonds is 4. The lowest BCUT2D eigenvalue weighted by molar-refractivity contribution is -0.121. The highest BCUT2D eigenvalue weighted by molar-refractivity contribution is 7.90. The standard InChI is InChI=1S/C13H15F2N3O4S/c1-23(21,22)9-2-7(4-17-5-9)13(20)18-6-8(11(14)15)3-10(18)12(16)19/h2,4-5,8,10-11H,3,6H2,1H3,(H2,16,19)/t8?,10-/m1/s1. The Morgan fingerprint density at radius 2 is 2.04 bits per heavy atom. The maximum atomic E-state index is 12.9. The Morgan fingerprint density at radius 3 is 2.57 bits per heavy atom. The van der Waals surface area contributed by atoms with Crippen molar-refractivity contribution in [3.8, 4) is 0 Å². The second-order valence-corrected chi connectivity index (χ2v) is 7.40. The van der Waals surface area contributed by atoms with Gasteiger partial charge in [0.1, 0.15) is 6.04 Å². The third-order valence-corrected chi connectivity index (χ3v) is 4.75. The van der Waals surface area contributed by atoms with Crippen molar-refractivity contribution < 1.29 is 26.8 Å².